The van der Waals surface area contributed by atoms with Gasteiger partial charge in [-0.15, -0.1) is 0 Å². The maximum Gasteiger partial charge on any atom is 0.410 e. The number of carbonyl (C=O) groups excluding carboxylic acids is 12. The van der Waals surface area contributed by atoms with Gasteiger partial charge in [0.15, 0.2) is 6.61 Å². The molecule has 0 saturated carbocycles. The van der Waals surface area contributed by atoms with Crippen molar-refractivity contribution in [1.29, 1.82) is 0 Å². The first kappa shape index (κ1) is 94.6. The van der Waals surface area contributed by atoms with E-state index in [4.69, 9.17) is 50.5 Å². The lowest BCUT2D eigenvalue weighted by molar-refractivity contribution is -0.144. The molecule has 3 aromatic carbocycles. The quantitative estimate of drug-likeness (QED) is 0.0160. The molecule has 2 fully saturated rings. The first-order valence-corrected chi connectivity index (χ1v) is 39.7. The highest BCUT2D eigenvalue weighted by Crippen LogP contribution is 2.44. The zero-order chi connectivity index (χ0) is 84.9. The third-order valence-electron chi connectivity index (χ3n) is 19.1. The number of allylic oxidation sites excluding steroid dienone is 1. The Kier molecular flexibility index (Phi) is 39.9. The first-order valence-electron chi connectivity index (χ1n) is 39.3. The minimum atomic E-state index is -1.20. The van der Waals surface area contributed by atoms with Gasteiger partial charge in [-0.2, -0.15) is 0 Å². The van der Waals surface area contributed by atoms with Gasteiger partial charge in [0.05, 0.1) is 50.1 Å². The Hall–Kier alpha value is -10.3. The average Bonchev–Trinajstić information content (AvgIpc) is 1.64. The van der Waals surface area contributed by atoms with Crippen LogP contribution in [-0.2, 0) is 96.0 Å². The van der Waals surface area contributed by atoms with Gasteiger partial charge in [0, 0.05) is 128 Å². The van der Waals surface area contributed by atoms with Crippen molar-refractivity contribution >= 4 is 94.5 Å². The third kappa shape index (κ3) is 33.9. The van der Waals surface area contributed by atoms with E-state index in [1.54, 1.807) is 69.0 Å². The number of benzene rings is 3. The van der Waals surface area contributed by atoms with Gasteiger partial charge in [0.1, 0.15) is 48.4 Å². The van der Waals surface area contributed by atoms with Crippen molar-refractivity contribution in [2.75, 3.05) is 118 Å². The number of nitrogens with zero attached hydrogens (tertiary/aromatic N) is 3. The number of amides is 13. The molecular weight excluding hydrogens is 1530 g/mol. The number of rotatable bonds is 52. The van der Waals surface area contributed by atoms with Crippen LogP contribution in [0.3, 0.4) is 0 Å². The maximum absolute atomic E-state index is 14.0. The number of carboxylic acid groups (broad SMARTS) is 1. The van der Waals surface area contributed by atoms with Crippen molar-refractivity contribution in [3.63, 3.8) is 0 Å². The number of epoxide rings is 1. The summed E-state index contributed by atoms with van der Waals surface area (Å²) in [4.78, 5) is 170. The summed E-state index contributed by atoms with van der Waals surface area (Å²) in [5.74, 6) is -5.73. The van der Waals surface area contributed by atoms with Crippen molar-refractivity contribution in [2.45, 2.75) is 163 Å². The number of ether oxygens (including phenoxy) is 7. The van der Waals surface area contributed by atoms with Crippen LogP contribution < -0.4 is 63.1 Å². The Bertz CT molecular complexity index is 3850. The lowest BCUT2D eigenvalue weighted by Crippen LogP contribution is -2.54. The predicted octanol–water partition coefficient (Wildman–Crippen LogP) is 4.49. The van der Waals surface area contributed by atoms with E-state index in [0.29, 0.717) is 126 Å². The lowest BCUT2D eigenvalue weighted by atomic mass is 9.91. The Balaban J connectivity index is 0.946. The largest absolute Gasteiger partial charge is 0.495 e. The molecular formula is C81H116ClN13O21. The number of nitrogens with one attached hydrogen (secondary N) is 9. The number of nitrogens with two attached hydrogens (primary N) is 1. The van der Waals surface area contributed by atoms with Crippen LogP contribution in [0.4, 0.5) is 15.3 Å². The number of urea groups is 1. The Morgan fingerprint density at radius 2 is 1.33 bits per heavy atom. The summed E-state index contributed by atoms with van der Waals surface area (Å²) in [5.41, 5.74) is 7.37. The van der Waals surface area contributed by atoms with Gasteiger partial charge >= 0.3 is 18.1 Å². The zero-order valence-electron chi connectivity index (χ0n) is 67.8. The van der Waals surface area contributed by atoms with Crippen LogP contribution in [0.2, 0.25) is 5.02 Å². The maximum atomic E-state index is 14.0. The molecule has 116 heavy (non-hydrogen) atoms. The number of anilines is 1. The van der Waals surface area contributed by atoms with E-state index in [-0.39, 0.29) is 112 Å². The number of imide groups is 1. The molecule has 3 aliphatic heterocycles. The lowest BCUT2D eigenvalue weighted by Gasteiger charge is -2.34. The van der Waals surface area contributed by atoms with Crippen LogP contribution in [0, 0.1) is 23.2 Å². The molecule has 0 aliphatic carbocycles. The number of carbonyl (C=O) groups is 13. The standard InChI is InChI=1S/C81H116ClN13O21/c1-51(2)43-63(77(105)106)92-78(107)81(7,8)50-87-74(102)62(45-56-20-25-64(110-9)60(82)44-56)90-67(98)17-11-10-15-53(5)72-73(116-72)57-21-18-55(19-22-57)47-93-33-35-94(36-34-93)80(109)115-48-58-23-24-59(89-75(103)61(16-12-29-86-79(83)108)91-76(104)71(52(3)4)88-54(6)96)46-65(58)114-49-68(99)85-31-14-38-112-40-42-113-41-39-111-37-13-30-84-66(97)28-32-95-69(100)26-27-70(95)101/h11,17-27,44,46,51-53,61-63,71-73H,10,12-16,28-43,45,47-50H2,1-9H3,(H,84,97)(H,85,99)(H,87,102)(H,88,96)(H,89,103)(H,90,98)(H,91,104)(H,92,107)(H,105,106)(H3,83,86,108)/b17-11+/t53-,61-,62+,63-,71-,72+,73+/m0/s1. The summed E-state index contributed by atoms with van der Waals surface area (Å²) in [6.45, 7) is 18.0. The van der Waals surface area contributed by atoms with Crippen molar-refractivity contribution in [2.24, 2.45) is 28.9 Å². The van der Waals surface area contributed by atoms with Crippen LogP contribution in [-0.4, -0.2) is 240 Å². The van der Waals surface area contributed by atoms with E-state index in [1.807, 2.05) is 13.8 Å². The molecule has 0 aromatic heterocycles. The minimum Gasteiger partial charge on any atom is -0.495 e. The van der Waals surface area contributed by atoms with Crippen molar-refractivity contribution < 1.29 is 101 Å². The number of hydrogen-bond donors (Lipinski definition) is 11. The highest BCUT2D eigenvalue weighted by Gasteiger charge is 2.44. The topological polar surface area (TPSA) is 454 Å². The molecule has 12 N–H and O–H groups in total. The molecule has 0 unspecified atom stereocenters. The van der Waals surface area contributed by atoms with Crippen LogP contribution in [0.1, 0.15) is 135 Å². The normalized spacial score (nSPS) is 16.0. The number of primary amides is 1. The Labute approximate surface area is 682 Å². The Morgan fingerprint density at radius 1 is 0.690 bits per heavy atom. The van der Waals surface area contributed by atoms with Gasteiger partial charge in [-0.3, -0.25) is 57.7 Å². The van der Waals surface area contributed by atoms with E-state index >= 15 is 0 Å². The number of aliphatic carboxylic acids is 1. The molecule has 638 valence electrons. The SMILES string of the molecule is COc1ccc(C[C@@H](NC(=O)/C=C/CC[C@H](C)[C@H]2O[C@@H]2c2ccc(CN3CCN(C(=O)OCc4ccc(NC(=O)[C@H](CCCNC(N)=O)NC(=O)[C@@H](NC(C)=O)C(C)C)cc4OCC(=O)NCCCOCCOCCOCCCNC(=O)CCN4C(=O)C=CC4=O)CC3)cc2)C(=O)NCC(C)(C)C(=O)N[C@@H](CC(C)C)C(=O)O)cc1Cl. The van der Waals surface area contributed by atoms with E-state index in [1.165, 1.54) is 38.3 Å². The van der Waals surface area contributed by atoms with Gasteiger partial charge < -0.3 is 96.7 Å². The van der Waals surface area contributed by atoms with E-state index in [9.17, 15) is 67.4 Å². The van der Waals surface area contributed by atoms with Gasteiger partial charge in [-0.25, -0.2) is 14.4 Å². The van der Waals surface area contributed by atoms with Crippen LogP contribution in [0.15, 0.2) is 85.0 Å². The highest BCUT2D eigenvalue weighted by atomic mass is 35.5. The van der Waals surface area contributed by atoms with Crippen molar-refractivity contribution in [1.82, 2.24) is 57.2 Å². The summed E-state index contributed by atoms with van der Waals surface area (Å²) in [6, 6.07) is 12.8. The summed E-state index contributed by atoms with van der Waals surface area (Å²) in [7, 11) is 1.48. The molecule has 35 heteroatoms. The highest BCUT2D eigenvalue weighted by molar-refractivity contribution is 6.32. The second-order valence-electron chi connectivity index (χ2n) is 30.0. The number of halogens is 1. The molecule has 0 spiro atoms. The van der Waals surface area contributed by atoms with Crippen LogP contribution >= 0.6 is 11.6 Å². The molecule has 0 radical (unpaired) electrons. The summed E-state index contributed by atoms with van der Waals surface area (Å²) in [5, 5.41) is 34.3. The molecule has 13 amide bonds. The van der Waals surface area contributed by atoms with E-state index < -0.39 is 107 Å². The van der Waals surface area contributed by atoms with Crippen molar-refractivity contribution in [3.05, 3.63) is 112 Å². The van der Waals surface area contributed by atoms with Gasteiger partial charge in [-0.05, 0) is 124 Å². The summed E-state index contributed by atoms with van der Waals surface area (Å²) < 4.78 is 40.1. The molecule has 7 atom stereocenters. The fraction of sp³-hybridized carbons (Fsp3) is 0.568. The fourth-order valence-electron chi connectivity index (χ4n) is 12.4. The number of piperazine rings is 1. The zero-order valence-corrected chi connectivity index (χ0v) is 68.5. The second kappa shape index (κ2) is 49.0. The average molecular weight is 1640 g/mol. The molecule has 6 rings (SSSR count). The van der Waals surface area contributed by atoms with Crippen molar-refractivity contribution in [3.8, 4) is 11.5 Å². The van der Waals surface area contributed by atoms with E-state index in [0.717, 1.165) is 16.0 Å². The van der Waals surface area contributed by atoms with Crippen LogP contribution in [0.5, 0.6) is 11.5 Å². The fourth-order valence-corrected chi connectivity index (χ4v) is 12.7. The predicted molar refractivity (Wildman–Crippen MR) is 428 cm³/mol. The second-order valence-corrected chi connectivity index (χ2v) is 30.4. The minimum absolute atomic E-state index is 0.00902. The molecule has 3 heterocycles. The number of carboxylic acids is 1. The molecule has 34 nitrogen and oxygen atoms in total. The molecule has 3 aromatic rings. The summed E-state index contributed by atoms with van der Waals surface area (Å²) >= 11 is 6.42. The van der Waals surface area contributed by atoms with Gasteiger partial charge in [-0.1, -0.05) is 82.6 Å². The number of methoxy groups -OCH3 is 1. The summed E-state index contributed by atoms with van der Waals surface area (Å²) in [6.07, 6.45) is 7.64. The Morgan fingerprint density at radius 3 is 1.94 bits per heavy atom. The molecule has 0 bridgehead atoms. The smallest absolute Gasteiger partial charge is 0.410 e. The molecule has 3 aliphatic rings. The number of hydrogen-bond acceptors (Lipinski definition) is 21. The monoisotopic (exact) mass is 1640 g/mol. The first-order chi connectivity index (χ1) is 55.3. The van der Waals surface area contributed by atoms with E-state index in [2.05, 4.69) is 83.9 Å². The van der Waals surface area contributed by atoms with Gasteiger partial charge in [0.2, 0.25) is 41.4 Å². The molecule has 2 saturated heterocycles. The van der Waals surface area contributed by atoms with Crippen LogP contribution in [0.25, 0.3) is 0 Å². The van der Waals surface area contributed by atoms with Gasteiger partial charge in [0.25, 0.3) is 17.7 Å². The third-order valence-corrected chi connectivity index (χ3v) is 19.4.